The molecule has 0 saturated carbocycles. The highest BCUT2D eigenvalue weighted by Crippen LogP contribution is 2.32. The van der Waals surface area contributed by atoms with Crippen LogP contribution in [-0.4, -0.2) is 34.3 Å². The molecule has 1 aromatic carbocycles. The topological polar surface area (TPSA) is 87.2 Å². The van der Waals surface area contributed by atoms with E-state index in [0.717, 1.165) is 19.3 Å². The molecule has 3 rings (SSSR count). The molecule has 3 N–H and O–H groups in total. The summed E-state index contributed by atoms with van der Waals surface area (Å²) in [6, 6.07) is 8.33. The Morgan fingerprint density at radius 1 is 1.46 bits per heavy atom. The molecule has 1 aromatic heterocycles. The van der Waals surface area contributed by atoms with Gasteiger partial charge < -0.3 is 20.1 Å². The van der Waals surface area contributed by atoms with Gasteiger partial charge in [-0.2, -0.15) is 0 Å². The summed E-state index contributed by atoms with van der Waals surface area (Å²) in [7, 11) is 0. The molecule has 0 saturated heterocycles. The van der Waals surface area contributed by atoms with Crippen molar-refractivity contribution in [2.75, 3.05) is 18.5 Å². The summed E-state index contributed by atoms with van der Waals surface area (Å²) in [5.41, 5.74) is 2.89. The predicted octanol–water partition coefficient (Wildman–Crippen LogP) is 1.95. The van der Waals surface area contributed by atoms with Crippen LogP contribution in [0.15, 0.2) is 35.4 Å². The maximum absolute atomic E-state index is 11.5. The first-order valence-corrected chi connectivity index (χ1v) is 8.31. The Bertz CT molecular complexity index is 744. The summed E-state index contributed by atoms with van der Waals surface area (Å²) in [5, 5.41) is 13.1. The van der Waals surface area contributed by atoms with Crippen LogP contribution >= 0.6 is 0 Å². The number of hydrogen-bond donors (Lipinski definition) is 3. The molecular weight excluding hydrogens is 306 g/mol. The molecule has 0 spiro atoms. The molecule has 1 aliphatic carbocycles. The van der Waals surface area contributed by atoms with E-state index in [-0.39, 0.29) is 24.8 Å². The largest absolute Gasteiger partial charge is 0.389 e. The van der Waals surface area contributed by atoms with Crippen molar-refractivity contribution in [1.29, 1.82) is 0 Å². The standard InChI is InChI=1S/C18H23N3O3/c1-12-17(20-11-21-18(12)23)19-9-14(22)10-24-16-8-4-6-13-5-2-3-7-15(13)16/h2-3,5,7,11,14,16,22H,4,6,8-10H2,1H3,(H2,19,20,21,23). The SMILES string of the molecule is Cc1c(NCC(O)COC2CCCc3ccccc32)nc[nH]c1=O. The zero-order chi connectivity index (χ0) is 16.9. The third kappa shape index (κ3) is 3.83. The van der Waals surface area contributed by atoms with Crippen LogP contribution in [0, 0.1) is 6.92 Å². The van der Waals surface area contributed by atoms with Gasteiger partial charge in [0.2, 0.25) is 0 Å². The smallest absolute Gasteiger partial charge is 0.255 e. The Labute approximate surface area is 140 Å². The number of aromatic nitrogens is 2. The third-order valence-electron chi connectivity index (χ3n) is 4.39. The van der Waals surface area contributed by atoms with E-state index in [2.05, 4.69) is 33.5 Å². The minimum atomic E-state index is -0.667. The van der Waals surface area contributed by atoms with Crippen LogP contribution in [0.5, 0.6) is 0 Å². The van der Waals surface area contributed by atoms with Gasteiger partial charge in [0.05, 0.1) is 30.7 Å². The molecule has 0 bridgehead atoms. The number of aryl methyl sites for hydroxylation is 1. The number of fused-ring (bicyclic) bond motifs is 1. The van der Waals surface area contributed by atoms with Crippen molar-refractivity contribution >= 4 is 5.82 Å². The fourth-order valence-electron chi connectivity index (χ4n) is 3.03. The molecule has 1 aliphatic rings. The fraction of sp³-hybridized carbons (Fsp3) is 0.444. The van der Waals surface area contributed by atoms with Crippen molar-refractivity contribution in [3.63, 3.8) is 0 Å². The average molecular weight is 329 g/mol. The maximum Gasteiger partial charge on any atom is 0.255 e. The highest BCUT2D eigenvalue weighted by atomic mass is 16.5. The van der Waals surface area contributed by atoms with Crippen LogP contribution in [0.3, 0.4) is 0 Å². The van der Waals surface area contributed by atoms with E-state index in [9.17, 15) is 9.90 Å². The van der Waals surface area contributed by atoms with Crippen molar-refractivity contribution in [3.05, 3.63) is 57.6 Å². The molecule has 2 atom stereocenters. The van der Waals surface area contributed by atoms with Gasteiger partial charge >= 0.3 is 0 Å². The first-order chi connectivity index (χ1) is 11.6. The molecule has 0 fully saturated rings. The first kappa shape index (κ1) is 16.7. The number of aliphatic hydroxyl groups is 1. The van der Waals surface area contributed by atoms with E-state index in [1.165, 1.54) is 17.5 Å². The summed E-state index contributed by atoms with van der Waals surface area (Å²) in [6.45, 7) is 2.22. The van der Waals surface area contributed by atoms with Gasteiger partial charge in [0.25, 0.3) is 5.56 Å². The molecule has 0 amide bonds. The van der Waals surface area contributed by atoms with Gasteiger partial charge in [-0.25, -0.2) is 4.98 Å². The van der Waals surface area contributed by atoms with Crippen LogP contribution in [0.4, 0.5) is 5.82 Å². The Kier molecular flexibility index (Phi) is 5.27. The van der Waals surface area contributed by atoms with Crippen LogP contribution in [-0.2, 0) is 11.2 Å². The van der Waals surface area contributed by atoms with E-state index in [1.54, 1.807) is 6.92 Å². The van der Waals surface area contributed by atoms with E-state index in [4.69, 9.17) is 4.74 Å². The summed E-state index contributed by atoms with van der Waals surface area (Å²) < 4.78 is 5.94. The maximum atomic E-state index is 11.5. The summed E-state index contributed by atoms with van der Waals surface area (Å²) in [6.07, 6.45) is 3.90. The number of ether oxygens (including phenoxy) is 1. The molecular formula is C18H23N3O3. The summed E-state index contributed by atoms with van der Waals surface area (Å²) in [4.78, 5) is 18.1. The van der Waals surface area contributed by atoms with Crippen molar-refractivity contribution < 1.29 is 9.84 Å². The van der Waals surface area contributed by atoms with Crippen LogP contribution < -0.4 is 10.9 Å². The second-order valence-electron chi connectivity index (χ2n) is 6.15. The van der Waals surface area contributed by atoms with Gasteiger partial charge in [-0.1, -0.05) is 24.3 Å². The Morgan fingerprint density at radius 3 is 3.17 bits per heavy atom. The number of rotatable bonds is 6. The Morgan fingerprint density at radius 2 is 2.29 bits per heavy atom. The highest BCUT2D eigenvalue weighted by Gasteiger charge is 2.21. The fourth-order valence-corrected chi connectivity index (χ4v) is 3.03. The number of benzene rings is 1. The lowest BCUT2D eigenvalue weighted by molar-refractivity contribution is -0.0129. The van der Waals surface area contributed by atoms with Crippen LogP contribution in [0.25, 0.3) is 0 Å². The molecule has 6 nitrogen and oxygen atoms in total. The molecule has 0 radical (unpaired) electrons. The van der Waals surface area contributed by atoms with E-state index < -0.39 is 6.10 Å². The van der Waals surface area contributed by atoms with Gasteiger partial charge in [-0.3, -0.25) is 4.79 Å². The lowest BCUT2D eigenvalue weighted by Crippen LogP contribution is -2.28. The van der Waals surface area contributed by atoms with Gasteiger partial charge in [0, 0.05) is 6.54 Å². The zero-order valence-corrected chi connectivity index (χ0v) is 13.8. The molecule has 0 aliphatic heterocycles. The van der Waals surface area contributed by atoms with E-state index >= 15 is 0 Å². The van der Waals surface area contributed by atoms with Crippen molar-refractivity contribution in [3.8, 4) is 0 Å². The van der Waals surface area contributed by atoms with Gasteiger partial charge in [0.1, 0.15) is 5.82 Å². The lowest BCUT2D eigenvalue weighted by Gasteiger charge is -2.26. The number of nitrogens with zero attached hydrogens (tertiary/aromatic N) is 1. The minimum absolute atomic E-state index is 0.0454. The van der Waals surface area contributed by atoms with Crippen molar-refractivity contribution in [1.82, 2.24) is 9.97 Å². The summed E-state index contributed by atoms with van der Waals surface area (Å²) >= 11 is 0. The first-order valence-electron chi connectivity index (χ1n) is 8.31. The van der Waals surface area contributed by atoms with Crippen molar-refractivity contribution in [2.45, 2.75) is 38.4 Å². The zero-order valence-electron chi connectivity index (χ0n) is 13.8. The van der Waals surface area contributed by atoms with E-state index in [0.29, 0.717) is 11.4 Å². The lowest BCUT2D eigenvalue weighted by atomic mass is 9.89. The monoisotopic (exact) mass is 329 g/mol. The highest BCUT2D eigenvalue weighted by molar-refractivity contribution is 5.41. The number of aromatic amines is 1. The second kappa shape index (κ2) is 7.59. The number of anilines is 1. The van der Waals surface area contributed by atoms with Crippen molar-refractivity contribution in [2.24, 2.45) is 0 Å². The number of H-pyrrole nitrogens is 1. The normalized spacial score (nSPS) is 18.0. The van der Waals surface area contributed by atoms with E-state index in [1.807, 2.05) is 6.07 Å². The quantitative estimate of drug-likeness (QED) is 0.754. The molecule has 24 heavy (non-hydrogen) atoms. The molecule has 2 unspecified atom stereocenters. The van der Waals surface area contributed by atoms with Crippen LogP contribution in [0.2, 0.25) is 0 Å². The Balaban J connectivity index is 1.52. The molecule has 1 heterocycles. The summed E-state index contributed by atoms with van der Waals surface area (Å²) in [5.74, 6) is 0.487. The Hall–Kier alpha value is -2.18. The second-order valence-corrected chi connectivity index (χ2v) is 6.15. The number of hydrogen-bond acceptors (Lipinski definition) is 5. The van der Waals surface area contributed by atoms with Crippen LogP contribution in [0.1, 0.15) is 35.6 Å². The number of aliphatic hydroxyl groups excluding tert-OH is 1. The predicted molar refractivity (Wildman–Crippen MR) is 92.2 cm³/mol. The molecule has 2 aromatic rings. The minimum Gasteiger partial charge on any atom is -0.389 e. The molecule has 128 valence electrons. The van der Waals surface area contributed by atoms with Gasteiger partial charge in [-0.05, 0) is 37.3 Å². The van der Waals surface area contributed by atoms with Gasteiger partial charge in [-0.15, -0.1) is 0 Å². The van der Waals surface area contributed by atoms with Gasteiger partial charge in [0.15, 0.2) is 0 Å². The number of nitrogens with one attached hydrogen (secondary N) is 2. The molecule has 6 heteroatoms. The average Bonchev–Trinajstić information content (AvgIpc) is 2.61. The third-order valence-corrected chi connectivity index (χ3v) is 4.39.